The lowest BCUT2D eigenvalue weighted by atomic mass is 9.67. The molecule has 1 aliphatic carbocycles. The first-order valence-electron chi connectivity index (χ1n) is 15.7. The second-order valence-corrected chi connectivity index (χ2v) is 12.7. The molecule has 4 aromatic carbocycles. The number of nitrogens with zero attached hydrogens (tertiary/aromatic N) is 1. The van der Waals surface area contributed by atoms with E-state index in [1.807, 2.05) is 30.3 Å². The van der Waals surface area contributed by atoms with Gasteiger partial charge in [0.2, 0.25) is 0 Å². The monoisotopic (exact) mass is 565 g/mol. The molecule has 218 valence electrons. The molecule has 1 aliphatic rings. The lowest BCUT2D eigenvalue weighted by Crippen LogP contribution is -2.25. The topological polar surface area (TPSA) is 25.2 Å². The average molecular weight is 566 g/mol. The van der Waals surface area contributed by atoms with Crippen molar-refractivity contribution in [2.45, 2.75) is 64.9 Å². The maximum atomic E-state index is 11.0. The molecular formula is C41H43NO. The van der Waals surface area contributed by atoms with E-state index in [1.54, 1.807) is 0 Å². The van der Waals surface area contributed by atoms with Crippen LogP contribution in [0.4, 0.5) is 0 Å². The van der Waals surface area contributed by atoms with Gasteiger partial charge in [0, 0.05) is 22.4 Å². The van der Waals surface area contributed by atoms with Gasteiger partial charge in [0.25, 0.3) is 0 Å². The van der Waals surface area contributed by atoms with Crippen LogP contribution in [0.3, 0.4) is 0 Å². The quantitative estimate of drug-likeness (QED) is 0.177. The minimum absolute atomic E-state index is 0.0401. The number of aliphatic hydroxyl groups excluding tert-OH is 1. The van der Waals surface area contributed by atoms with Crippen molar-refractivity contribution in [3.8, 4) is 5.69 Å². The van der Waals surface area contributed by atoms with Crippen molar-refractivity contribution in [3.05, 3.63) is 150 Å². The molecule has 1 heterocycles. The van der Waals surface area contributed by atoms with Gasteiger partial charge in [-0.25, -0.2) is 0 Å². The zero-order chi connectivity index (χ0) is 30.1. The second-order valence-electron chi connectivity index (χ2n) is 12.7. The number of aliphatic hydroxyl groups is 1. The summed E-state index contributed by atoms with van der Waals surface area (Å²) in [5.74, 6) is 0.718. The Hall–Kier alpha value is -4.14. The second kappa shape index (κ2) is 11.9. The zero-order valence-corrected chi connectivity index (χ0v) is 25.9. The predicted molar refractivity (Wildman–Crippen MR) is 183 cm³/mol. The molecule has 1 aromatic heterocycles. The summed E-state index contributed by atoms with van der Waals surface area (Å²) in [6.07, 6.45) is 11.6. The van der Waals surface area contributed by atoms with E-state index in [1.165, 1.54) is 38.5 Å². The molecule has 0 amide bonds. The highest BCUT2D eigenvalue weighted by Gasteiger charge is 2.34. The van der Waals surface area contributed by atoms with Crippen LogP contribution in [-0.4, -0.2) is 9.67 Å². The zero-order valence-electron chi connectivity index (χ0n) is 25.9. The van der Waals surface area contributed by atoms with E-state index in [2.05, 4.69) is 124 Å². The minimum Gasteiger partial charge on any atom is -0.384 e. The van der Waals surface area contributed by atoms with Gasteiger partial charge in [-0.2, -0.15) is 0 Å². The highest BCUT2D eigenvalue weighted by molar-refractivity contribution is 6.09. The number of fused-ring (bicyclic) bond motifs is 3. The van der Waals surface area contributed by atoms with E-state index < -0.39 is 6.10 Å². The summed E-state index contributed by atoms with van der Waals surface area (Å²) < 4.78 is 2.38. The highest BCUT2D eigenvalue weighted by Crippen LogP contribution is 2.48. The molecule has 6 rings (SSSR count). The summed E-state index contributed by atoms with van der Waals surface area (Å²) >= 11 is 0. The first-order chi connectivity index (χ1) is 20.8. The van der Waals surface area contributed by atoms with Crippen LogP contribution in [0.1, 0.15) is 87.2 Å². The van der Waals surface area contributed by atoms with Crippen molar-refractivity contribution in [1.82, 2.24) is 4.57 Å². The molecule has 1 N–H and O–H groups in total. The van der Waals surface area contributed by atoms with Crippen molar-refractivity contribution in [3.63, 3.8) is 0 Å². The lowest BCUT2D eigenvalue weighted by Gasteiger charge is -2.37. The average Bonchev–Trinajstić information content (AvgIpc) is 3.38. The van der Waals surface area contributed by atoms with Crippen molar-refractivity contribution in [1.29, 1.82) is 0 Å². The van der Waals surface area contributed by atoms with E-state index in [-0.39, 0.29) is 11.3 Å². The molecule has 0 saturated heterocycles. The maximum Gasteiger partial charge on any atom is 0.104 e. The normalized spacial score (nSPS) is 16.3. The molecule has 5 aromatic rings. The predicted octanol–water partition coefficient (Wildman–Crippen LogP) is 11.0. The van der Waals surface area contributed by atoms with Crippen LogP contribution >= 0.6 is 0 Å². The summed E-state index contributed by atoms with van der Waals surface area (Å²) in [4.78, 5) is 0. The third kappa shape index (κ3) is 5.30. The molecule has 3 unspecified atom stereocenters. The Morgan fingerprint density at radius 1 is 0.837 bits per heavy atom. The van der Waals surface area contributed by atoms with Crippen molar-refractivity contribution >= 4 is 21.8 Å². The van der Waals surface area contributed by atoms with Crippen LogP contribution in [0.5, 0.6) is 0 Å². The summed E-state index contributed by atoms with van der Waals surface area (Å²) in [5, 5.41) is 13.6. The number of allylic oxidation sites excluding steroid dienone is 5. The molecule has 0 spiro atoms. The van der Waals surface area contributed by atoms with E-state index in [4.69, 9.17) is 0 Å². The molecule has 2 nitrogen and oxygen atoms in total. The summed E-state index contributed by atoms with van der Waals surface area (Å²) in [7, 11) is 0. The Morgan fingerprint density at radius 2 is 1.44 bits per heavy atom. The van der Waals surface area contributed by atoms with Crippen molar-refractivity contribution in [2.75, 3.05) is 0 Å². The van der Waals surface area contributed by atoms with Gasteiger partial charge in [0.1, 0.15) is 6.10 Å². The van der Waals surface area contributed by atoms with Crippen molar-refractivity contribution in [2.24, 2.45) is 5.41 Å². The van der Waals surface area contributed by atoms with E-state index >= 15 is 0 Å². The summed E-state index contributed by atoms with van der Waals surface area (Å²) in [5.41, 5.74) is 9.43. The highest BCUT2D eigenvalue weighted by atomic mass is 16.3. The van der Waals surface area contributed by atoms with E-state index in [0.29, 0.717) is 5.92 Å². The fourth-order valence-electron chi connectivity index (χ4n) is 6.86. The molecule has 3 atom stereocenters. The number of benzene rings is 4. The fraction of sp³-hybridized carbons (Fsp3) is 0.268. The van der Waals surface area contributed by atoms with Crippen LogP contribution in [0.2, 0.25) is 0 Å². The van der Waals surface area contributed by atoms with Gasteiger partial charge >= 0.3 is 0 Å². The van der Waals surface area contributed by atoms with Gasteiger partial charge < -0.3 is 9.67 Å². The van der Waals surface area contributed by atoms with Gasteiger partial charge in [-0.1, -0.05) is 112 Å². The summed E-state index contributed by atoms with van der Waals surface area (Å²) in [6, 6.07) is 32.3. The molecule has 0 aliphatic heterocycles. The van der Waals surface area contributed by atoms with Gasteiger partial charge in [-0.3, -0.25) is 0 Å². The summed E-state index contributed by atoms with van der Waals surface area (Å²) in [6.45, 7) is 13.5. The number of hydrogen-bond donors (Lipinski definition) is 1. The third-order valence-electron chi connectivity index (χ3n) is 9.70. The van der Waals surface area contributed by atoms with Crippen LogP contribution in [0.15, 0.2) is 127 Å². The molecule has 43 heavy (non-hydrogen) atoms. The van der Waals surface area contributed by atoms with Gasteiger partial charge in [-0.15, -0.1) is 6.58 Å². The number of hydrogen-bond acceptors (Lipinski definition) is 1. The Labute approximate surface area is 256 Å². The number of rotatable bonds is 9. The Bertz CT molecular complexity index is 1820. The van der Waals surface area contributed by atoms with Crippen LogP contribution in [-0.2, 0) is 0 Å². The van der Waals surface area contributed by atoms with E-state index in [9.17, 15) is 5.11 Å². The molecule has 0 saturated carbocycles. The van der Waals surface area contributed by atoms with Gasteiger partial charge in [0.05, 0.1) is 11.0 Å². The van der Waals surface area contributed by atoms with Crippen LogP contribution in [0, 0.1) is 5.41 Å². The SMILES string of the molecule is C=CC(C)(CC)C(C1=CC=CCC1)c1ccc2c(c1)c1cc(C(C)C)ccc1n2-c1ccc(C(O)c2ccccc2)cc1. The minimum atomic E-state index is -0.650. The standard InChI is InChI=1S/C41H43NO/c1-6-41(5,7-2)39(29-14-10-8-11-15-29)33-21-25-38-36(27-33)35-26-32(28(3)4)20-24-37(35)42(38)34-22-18-31(19-23-34)40(43)30-16-12-9-13-17-30/h6,8-10,12-14,16-28,39-40,43H,1,7,11,15H2,2-5H3. The molecular weight excluding hydrogens is 522 g/mol. The number of aromatic nitrogens is 1. The largest absolute Gasteiger partial charge is 0.384 e. The third-order valence-corrected chi connectivity index (χ3v) is 9.70. The van der Waals surface area contributed by atoms with Crippen LogP contribution < -0.4 is 0 Å². The van der Waals surface area contributed by atoms with Gasteiger partial charge in [0.15, 0.2) is 0 Å². The van der Waals surface area contributed by atoms with E-state index in [0.717, 1.165) is 36.1 Å². The first-order valence-corrected chi connectivity index (χ1v) is 15.7. The molecule has 0 bridgehead atoms. The Balaban J connectivity index is 1.53. The Kier molecular flexibility index (Phi) is 7.99. The molecule has 0 fully saturated rings. The van der Waals surface area contributed by atoms with Crippen molar-refractivity contribution < 1.29 is 5.11 Å². The lowest BCUT2D eigenvalue weighted by molar-refractivity contribution is 0.220. The smallest absolute Gasteiger partial charge is 0.104 e. The van der Waals surface area contributed by atoms with Gasteiger partial charge in [-0.05, 0) is 89.2 Å². The first kappa shape index (κ1) is 29.0. The maximum absolute atomic E-state index is 11.0. The Morgan fingerprint density at radius 3 is 2.02 bits per heavy atom. The fourth-order valence-corrected chi connectivity index (χ4v) is 6.86. The molecule has 2 heteroatoms. The van der Waals surface area contributed by atoms with Crippen LogP contribution in [0.25, 0.3) is 27.5 Å². The molecule has 0 radical (unpaired) electrons.